The van der Waals surface area contributed by atoms with E-state index in [4.69, 9.17) is 5.11 Å². The van der Waals surface area contributed by atoms with Gasteiger partial charge in [0, 0.05) is 0 Å². The van der Waals surface area contributed by atoms with Crippen molar-refractivity contribution in [1.82, 2.24) is 5.32 Å². The van der Waals surface area contributed by atoms with Crippen LogP contribution in [0.4, 0.5) is 13.2 Å². The zero-order valence-corrected chi connectivity index (χ0v) is 5.16. The van der Waals surface area contributed by atoms with Crippen LogP contribution in [0.15, 0.2) is 11.5 Å². The molecule has 0 amide bonds. The Balaban J connectivity index is 2.83. The Labute approximate surface area is 55.3 Å². The van der Waals surface area contributed by atoms with Gasteiger partial charge in [-0.1, -0.05) is 0 Å². The van der Waals surface area contributed by atoms with Gasteiger partial charge in [0.15, 0.2) is 5.88 Å². The number of rotatable bonds is 0. The third-order valence-electron chi connectivity index (χ3n) is 1.35. The van der Waals surface area contributed by atoms with E-state index < -0.39 is 23.7 Å². The first kappa shape index (κ1) is 7.24. The van der Waals surface area contributed by atoms with Crippen LogP contribution in [0.5, 0.6) is 0 Å². The molecule has 2 N–H and O–H groups in total. The Kier molecular flexibility index (Phi) is 1.31. The summed E-state index contributed by atoms with van der Waals surface area (Å²) in [5.74, 6) is -0.750. The molecule has 1 rings (SSSR count). The molecule has 5 heteroatoms. The molecule has 0 aliphatic carbocycles. The van der Waals surface area contributed by atoms with Gasteiger partial charge in [-0.3, -0.25) is 0 Å². The third kappa shape index (κ3) is 0.913. The van der Waals surface area contributed by atoms with Crippen LogP contribution in [0, 0.1) is 0 Å². The van der Waals surface area contributed by atoms with Gasteiger partial charge < -0.3 is 10.4 Å². The smallest absolute Gasteiger partial charge is 0.419 e. The van der Waals surface area contributed by atoms with Gasteiger partial charge in [-0.2, -0.15) is 13.2 Å². The van der Waals surface area contributed by atoms with Gasteiger partial charge in [0.25, 0.3) is 0 Å². The van der Waals surface area contributed by atoms with Crippen LogP contribution in [-0.2, 0) is 0 Å². The van der Waals surface area contributed by atoms with E-state index in [2.05, 4.69) is 5.32 Å². The van der Waals surface area contributed by atoms with E-state index in [9.17, 15) is 13.2 Å². The SMILES string of the molecule is C[C@@H]1NC(O)=C1C(F)(F)F. The molecule has 0 radical (unpaired) electrons. The highest BCUT2D eigenvalue weighted by Crippen LogP contribution is 2.34. The molecule has 1 heterocycles. The van der Waals surface area contributed by atoms with Crippen LogP contribution >= 0.6 is 0 Å². The fourth-order valence-electron chi connectivity index (χ4n) is 0.862. The van der Waals surface area contributed by atoms with Crippen molar-refractivity contribution in [2.45, 2.75) is 19.1 Å². The highest BCUT2D eigenvalue weighted by atomic mass is 19.4. The number of aliphatic hydroxyl groups is 1. The lowest BCUT2D eigenvalue weighted by atomic mass is 10.0. The van der Waals surface area contributed by atoms with E-state index >= 15 is 0 Å². The van der Waals surface area contributed by atoms with Crippen molar-refractivity contribution < 1.29 is 18.3 Å². The molecule has 0 aromatic rings. The maximum absolute atomic E-state index is 11.7. The summed E-state index contributed by atoms with van der Waals surface area (Å²) in [7, 11) is 0. The largest absolute Gasteiger partial charge is 0.495 e. The van der Waals surface area contributed by atoms with Gasteiger partial charge in [-0.15, -0.1) is 0 Å². The molecule has 0 saturated carbocycles. The van der Waals surface area contributed by atoms with Crippen LogP contribution in [0.2, 0.25) is 0 Å². The summed E-state index contributed by atoms with van der Waals surface area (Å²) in [6.07, 6.45) is -4.39. The standard InChI is InChI=1S/C5H6F3NO/c1-2-3(4(10)9-2)5(6,7)8/h2,9-10H,1H3/t2-/m0/s1. The van der Waals surface area contributed by atoms with Gasteiger partial charge in [0.05, 0.1) is 6.04 Å². The highest BCUT2D eigenvalue weighted by Gasteiger charge is 2.45. The topological polar surface area (TPSA) is 32.3 Å². The van der Waals surface area contributed by atoms with Crippen molar-refractivity contribution in [3.63, 3.8) is 0 Å². The Bertz CT molecular complexity index is 184. The summed E-state index contributed by atoms with van der Waals surface area (Å²) in [5, 5.41) is 10.6. The molecule has 0 saturated heterocycles. The van der Waals surface area contributed by atoms with E-state index in [1.54, 1.807) is 0 Å². The predicted octanol–water partition coefficient (Wildman–Crippen LogP) is 1.31. The first-order chi connectivity index (χ1) is 4.43. The minimum absolute atomic E-state index is 0.750. The molecule has 0 bridgehead atoms. The minimum atomic E-state index is -4.39. The molecule has 2 nitrogen and oxygen atoms in total. The molecule has 0 fully saturated rings. The quantitative estimate of drug-likeness (QED) is 0.549. The van der Waals surface area contributed by atoms with Gasteiger partial charge in [-0.05, 0) is 6.92 Å². The average Bonchev–Trinajstić information content (AvgIpc) is 1.58. The van der Waals surface area contributed by atoms with Crippen molar-refractivity contribution in [1.29, 1.82) is 0 Å². The van der Waals surface area contributed by atoms with Crippen molar-refractivity contribution in [2.75, 3.05) is 0 Å². The summed E-state index contributed by atoms with van der Waals surface area (Å²) in [5.41, 5.74) is -0.868. The van der Waals surface area contributed by atoms with Gasteiger partial charge >= 0.3 is 6.18 Å². The lowest BCUT2D eigenvalue weighted by Crippen LogP contribution is -2.45. The molecule has 10 heavy (non-hydrogen) atoms. The zero-order chi connectivity index (χ0) is 7.94. The van der Waals surface area contributed by atoms with Crippen molar-refractivity contribution in [2.24, 2.45) is 0 Å². The van der Waals surface area contributed by atoms with Crippen LogP contribution < -0.4 is 5.32 Å². The van der Waals surface area contributed by atoms with Gasteiger partial charge in [-0.25, -0.2) is 0 Å². The molecule has 0 aromatic carbocycles. The number of aliphatic hydroxyl groups excluding tert-OH is 1. The first-order valence-electron chi connectivity index (χ1n) is 2.70. The molecule has 1 aliphatic heterocycles. The normalized spacial score (nSPS) is 25.8. The van der Waals surface area contributed by atoms with E-state index in [0.717, 1.165) is 0 Å². The van der Waals surface area contributed by atoms with Crippen LogP contribution in [-0.4, -0.2) is 17.3 Å². The second-order valence-corrected chi connectivity index (χ2v) is 2.13. The molecule has 0 spiro atoms. The van der Waals surface area contributed by atoms with Gasteiger partial charge in [0.1, 0.15) is 5.57 Å². The Morgan fingerprint density at radius 3 is 2.10 bits per heavy atom. The lowest BCUT2D eigenvalue weighted by Gasteiger charge is -2.30. The average molecular weight is 153 g/mol. The maximum atomic E-state index is 11.7. The lowest BCUT2D eigenvalue weighted by molar-refractivity contribution is -0.106. The van der Waals surface area contributed by atoms with Crippen LogP contribution in [0.1, 0.15) is 6.92 Å². The molecule has 1 atom stereocenters. The second kappa shape index (κ2) is 1.81. The zero-order valence-electron chi connectivity index (χ0n) is 5.16. The minimum Gasteiger partial charge on any atom is -0.495 e. The molecular formula is C5H6F3NO. The molecule has 0 aromatic heterocycles. The summed E-state index contributed by atoms with van der Waals surface area (Å²) in [6.45, 7) is 1.34. The Morgan fingerprint density at radius 1 is 1.50 bits per heavy atom. The third-order valence-corrected chi connectivity index (χ3v) is 1.35. The van der Waals surface area contributed by atoms with E-state index in [0.29, 0.717) is 0 Å². The van der Waals surface area contributed by atoms with Gasteiger partial charge in [0.2, 0.25) is 0 Å². The molecular weight excluding hydrogens is 147 g/mol. The molecule has 0 unspecified atom stereocenters. The van der Waals surface area contributed by atoms with Crippen molar-refractivity contribution >= 4 is 0 Å². The van der Waals surface area contributed by atoms with Crippen LogP contribution in [0.3, 0.4) is 0 Å². The fourth-order valence-corrected chi connectivity index (χ4v) is 0.862. The monoisotopic (exact) mass is 153 g/mol. The Morgan fingerprint density at radius 2 is 2.00 bits per heavy atom. The summed E-state index contributed by atoms with van der Waals surface area (Å²) in [6, 6.07) is -0.778. The summed E-state index contributed by atoms with van der Waals surface area (Å²) in [4.78, 5) is 0. The van der Waals surface area contributed by atoms with E-state index in [1.807, 2.05) is 0 Å². The second-order valence-electron chi connectivity index (χ2n) is 2.13. The number of nitrogens with one attached hydrogen (secondary N) is 1. The van der Waals surface area contributed by atoms with Crippen molar-refractivity contribution in [3.05, 3.63) is 11.5 Å². The first-order valence-corrected chi connectivity index (χ1v) is 2.70. The molecule has 58 valence electrons. The highest BCUT2D eigenvalue weighted by molar-refractivity contribution is 5.28. The summed E-state index contributed by atoms with van der Waals surface area (Å²) >= 11 is 0. The van der Waals surface area contributed by atoms with Crippen LogP contribution in [0.25, 0.3) is 0 Å². The van der Waals surface area contributed by atoms with E-state index in [1.165, 1.54) is 6.92 Å². The summed E-state index contributed by atoms with van der Waals surface area (Å²) < 4.78 is 35.2. The predicted molar refractivity (Wildman–Crippen MR) is 28.3 cm³/mol. The number of alkyl halides is 3. The number of halogens is 3. The van der Waals surface area contributed by atoms with E-state index in [-0.39, 0.29) is 0 Å². The van der Waals surface area contributed by atoms with Crippen molar-refractivity contribution in [3.8, 4) is 0 Å². The number of hydrogen-bond acceptors (Lipinski definition) is 2. The molecule has 1 aliphatic rings. The Hall–Kier alpha value is -0.870. The number of hydrogen-bond donors (Lipinski definition) is 2. The fraction of sp³-hybridized carbons (Fsp3) is 0.600. The maximum Gasteiger partial charge on any atom is 0.419 e.